The molecular weight excluding hydrogens is 333 g/mol. The molecule has 0 aliphatic heterocycles. The van der Waals surface area contributed by atoms with Gasteiger partial charge in [-0.1, -0.05) is 11.6 Å². The number of hydrogen-bond acceptors (Lipinski definition) is 4. The zero-order valence-electron chi connectivity index (χ0n) is 10.8. The first-order valence-corrected chi connectivity index (χ1v) is 7.64. The Bertz CT molecular complexity index is 579. The summed E-state index contributed by atoms with van der Waals surface area (Å²) in [5.74, 6) is 0. The van der Waals surface area contributed by atoms with E-state index in [1.807, 2.05) is 0 Å². The second kappa shape index (κ2) is 7.41. The van der Waals surface area contributed by atoms with Crippen LogP contribution in [0.15, 0.2) is 23.1 Å². The molecule has 0 heterocycles. The first-order valence-electron chi connectivity index (χ1n) is 5.78. The zero-order chi connectivity index (χ0) is 16.1. The van der Waals surface area contributed by atoms with Gasteiger partial charge in [0.25, 0.3) is 0 Å². The number of ether oxygens (including phenoxy) is 1. The number of nitrogens with one attached hydrogen (secondary N) is 1. The topological polar surface area (TPSA) is 81.4 Å². The molecule has 120 valence electrons. The molecule has 0 spiro atoms. The fourth-order valence-electron chi connectivity index (χ4n) is 1.39. The third-order valence-electron chi connectivity index (χ3n) is 2.35. The predicted molar refractivity (Wildman–Crippen MR) is 71.4 cm³/mol. The largest absolute Gasteiger partial charge is 0.411 e. The van der Waals surface area contributed by atoms with E-state index >= 15 is 0 Å². The number of benzene rings is 1. The number of sulfonamides is 1. The second-order valence-corrected chi connectivity index (χ2v) is 6.20. The molecule has 3 N–H and O–H groups in total. The summed E-state index contributed by atoms with van der Waals surface area (Å²) in [6, 6.07) is 3.97. The summed E-state index contributed by atoms with van der Waals surface area (Å²) < 4.78 is 65.7. The van der Waals surface area contributed by atoms with E-state index in [9.17, 15) is 21.6 Å². The van der Waals surface area contributed by atoms with Gasteiger partial charge in [-0.2, -0.15) is 13.2 Å². The molecule has 1 rings (SSSR count). The second-order valence-electron chi connectivity index (χ2n) is 4.02. The lowest BCUT2D eigenvalue weighted by atomic mass is 10.2. The Morgan fingerprint density at radius 3 is 2.57 bits per heavy atom. The molecule has 0 aliphatic carbocycles. The van der Waals surface area contributed by atoms with Crippen molar-refractivity contribution in [3.05, 3.63) is 28.8 Å². The highest BCUT2D eigenvalue weighted by atomic mass is 35.5. The lowest BCUT2D eigenvalue weighted by Crippen LogP contribution is -2.29. The molecule has 10 heteroatoms. The average Bonchev–Trinajstić information content (AvgIpc) is 2.37. The van der Waals surface area contributed by atoms with Gasteiger partial charge in [0.15, 0.2) is 0 Å². The Morgan fingerprint density at radius 1 is 1.33 bits per heavy atom. The van der Waals surface area contributed by atoms with Gasteiger partial charge in [0.1, 0.15) is 6.61 Å². The first-order chi connectivity index (χ1) is 9.65. The van der Waals surface area contributed by atoms with Gasteiger partial charge >= 0.3 is 6.18 Å². The van der Waals surface area contributed by atoms with Crippen LogP contribution in [0.25, 0.3) is 0 Å². The minimum Gasteiger partial charge on any atom is -0.371 e. The van der Waals surface area contributed by atoms with Crippen molar-refractivity contribution in [3.63, 3.8) is 0 Å². The lowest BCUT2D eigenvalue weighted by molar-refractivity contribution is -0.173. The summed E-state index contributed by atoms with van der Waals surface area (Å²) in [5, 5.41) is 0.338. The van der Waals surface area contributed by atoms with E-state index in [1.54, 1.807) is 0 Å². The van der Waals surface area contributed by atoms with Crippen LogP contribution < -0.4 is 10.5 Å². The maximum absolute atomic E-state index is 11.9. The molecular formula is C11H14ClF3N2O3S. The van der Waals surface area contributed by atoms with Crippen LogP contribution in [0.5, 0.6) is 0 Å². The normalized spacial score (nSPS) is 12.6. The predicted octanol–water partition coefficient (Wildman–Crippen LogP) is 1.66. The van der Waals surface area contributed by atoms with Crippen molar-refractivity contribution in [2.24, 2.45) is 5.73 Å². The van der Waals surface area contributed by atoms with Crippen LogP contribution in [0.4, 0.5) is 13.2 Å². The quantitative estimate of drug-likeness (QED) is 0.736. The van der Waals surface area contributed by atoms with Crippen molar-refractivity contribution < 1.29 is 26.3 Å². The van der Waals surface area contributed by atoms with Crippen molar-refractivity contribution in [2.45, 2.75) is 17.6 Å². The molecule has 0 unspecified atom stereocenters. The highest BCUT2D eigenvalue weighted by Gasteiger charge is 2.27. The third kappa shape index (κ3) is 6.18. The zero-order valence-corrected chi connectivity index (χ0v) is 12.4. The van der Waals surface area contributed by atoms with E-state index in [-0.39, 0.29) is 18.0 Å². The summed E-state index contributed by atoms with van der Waals surface area (Å²) in [4.78, 5) is -0.0665. The number of hydrogen-bond donors (Lipinski definition) is 2. The molecule has 0 saturated heterocycles. The Kier molecular flexibility index (Phi) is 6.41. The molecule has 0 atom stereocenters. The maximum atomic E-state index is 11.9. The van der Waals surface area contributed by atoms with Crippen LogP contribution in [0.2, 0.25) is 5.02 Å². The summed E-state index contributed by atoms with van der Waals surface area (Å²) in [5.41, 5.74) is 5.87. The number of alkyl halides is 3. The van der Waals surface area contributed by atoms with Crippen molar-refractivity contribution in [3.8, 4) is 0 Å². The van der Waals surface area contributed by atoms with Gasteiger partial charge in [0.05, 0.1) is 11.5 Å². The van der Waals surface area contributed by atoms with Gasteiger partial charge in [-0.25, -0.2) is 13.1 Å². The molecule has 0 aliphatic rings. The van der Waals surface area contributed by atoms with Crippen LogP contribution in [0.3, 0.4) is 0 Å². The van der Waals surface area contributed by atoms with E-state index in [1.165, 1.54) is 18.2 Å². The van der Waals surface area contributed by atoms with E-state index in [2.05, 4.69) is 9.46 Å². The van der Waals surface area contributed by atoms with Gasteiger partial charge in [0.2, 0.25) is 10.0 Å². The molecule has 21 heavy (non-hydrogen) atoms. The molecule has 0 fully saturated rings. The summed E-state index contributed by atoms with van der Waals surface area (Å²) in [6.45, 7) is -2.03. The van der Waals surface area contributed by atoms with E-state index in [0.29, 0.717) is 10.6 Å². The van der Waals surface area contributed by atoms with Crippen molar-refractivity contribution in [2.75, 3.05) is 19.8 Å². The molecule has 1 aromatic carbocycles. The Labute approximate surface area is 125 Å². The standard InChI is InChI=1S/C11H14ClF3N2O3S/c12-10-2-1-9(5-8(10)6-16)21(18,19)17-3-4-20-7-11(13,14)15/h1-2,5,17H,3-4,6-7,16H2. The van der Waals surface area contributed by atoms with Crippen molar-refractivity contribution in [1.82, 2.24) is 4.72 Å². The van der Waals surface area contributed by atoms with E-state index < -0.39 is 29.4 Å². The van der Waals surface area contributed by atoms with E-state index in [0.717, 1.165) is 0 Å². The number of rotatable bonds is 7. The SMILES string of the molecule is NCc1cc(S(=O)(=O)NCCOCC(F)(F)F)ccc1Cl. The molecule has 1 aromatic rings. The van der Waals surface area contributed by atoms with Crippen LogP contribution >= 0.6 is 11.6 Å². The fraction of sp³-hybridized carbons (Fsp3) is 0.455. The highest BCUT2D eigenvalue weighted by molar-refractivity contribution is 7.89. The molecule has 0 radical (unpaired) electrons. The Hall–Kier alpha value is -0.870. The van der Waals surface area contributed by atoms with Gasteiger partial charge < -0.3 is 10.5 Å². The van der Waals surface area contributed by atoms with Gasteiger partial charge in [-0.05, 0) is 23.8 Å². The molecule has 0 bridgehead atoms. The van der Waals surface area contributed by atoms with E-state index in [4.69, 9.17) is 17.3 Å². The smallest absolute Gasteiger partial charge is 0.371 e. The van der Waals surface area contributed by atoms with Gasteiger partial charge in [-0.15, -0.1) is 0 Å². The molecule has 0 aromatic heterocycles. The van der Waals surface area contributed by atoms with Crippen LogP contribution in [0.1, 0.15) is 5.56 Å². The molecule has 0 amide bonds. The third-order valence-corrected chi connectivity index (χ3v) is 4.18. The minimum atomic E-state index is -4.44. The number of halogens is 4. The minimum absolute atomic E-state index is 0.0664. The van der Waals surface area contributed by atoms with Gasteiger partial charge in [-0.3, -0.25) is 0 Å². The fourth-order valence-corrected chi connectivity index (χ4v) is 2.65. The van der Waals surface area contributed by atoms with Gasteiger partial charge in [0, 0.05) is 18.1 Å². The Morgan fingerprint density at radius 2 is 2.00 bits per heavy atom. The highest BCUT2D eigenvalue weighted by Crippen LogP contribution is 2.20. The summed E-state index contributed by atoms with van der Waals surface area (Å²) in [6.07, 6.45) is -4.44. The summed E-state index contributed by atoms with van der Waals surface area (Å²) >= 11 is 5.81. The van der Waals surface area contributed by atoms with Crippen molar-refractivity contribution in [1.29, 1.82) is 0 Å². The molecule has 5 nitrogen and oxygen atoms in total. The van der Waals surface area contributed by atoms with Crippen LogP contribution in [0, 0.1) is 0 Å². The molecule has 0 saturated carbocycles. The van der Waals surface area contributed by atoms with Crippen molar-refractivity contribution >= 4 is 21.6 Å². The Balaban J connectivity index is 2.58. The summed E-state index contributed by atoms with van der Waals surface area (Å²) in [7, 11) is -3.85. The first kappa shape index (κ1) is 18.2. The lowest BCUT2D eigenvalue weighted by Gasteiger charge is -2.10. The number of nitrogens with two attached hydrogens (primary N) is 1. The maximum Gasteiger partial charge on any atom is 0.411 e. The van der Waals surface area contributed by atoms with Crippen LogP contribution in [-0.4, -0.2) is 34.4 Å². The monoisotopic (exact) mass is 346 g/mol. The average molecular weight is 347 g/mol. The van der Waals surface area contributed by atoms with Crippen LogP contribution in [-0.2, 0) is 21.3 Å².